The lowest BCUT2D eigenvalue weighted by atomic mass is 9.99. The number of rotatable bonds is 8. The molecule has 0 aliphatic carbocycles. The second-order valence-corrected chi connectivity index (χ2v) is 7.42. The molecule has 3 aromatic carbocycles. The van der Waals surface area contributed by atoms with Gasteiger partial charge >= 0.3 is 5.97 Å². The third-order valence-electron chi connectivity index (χ3n) is 5.47. The van der Waals surface area contributed by atoms with Crippen molar-refractivity contribution in [1.29, 1.82) is 0 Å². The van der Waals surface area contributed by atoms with Crippen LogP contribution < -0.4 is 19.1 Å². The Bertz CT molecular complexity index is 1190. The molecule has 166 valence electrons. The van der Waals surface area contributed by atoms with E-state index in [0.717, 1.165) is 16.3 Å². The highest BCUT2D eigenvalue weighted by atomic mass is 16.5. The highest BCUT2D eigenvalue weighted by molar-refractivity contribution is 6.17. The summed E-state index contributed by atoms with van der Waals surface area (Å²) in [6.07, 6.45) is -0.0648. The number of methoxy groups -OCH3 is 1. The number of carbonyl (C=O) groups is 2. The van der Waals surface area contributed by atoms with Gasteiger partial charge in [0.15, 0.2) is 0 Å². The van der Waals surface area contributed by atoms with Crippen LogP contribution in [0, 0.1) is 0 Å². The van der Waals surface area contributed by atoms with Gasteiger partial charge in [-0.3, -0.25) is 9.59 Å². The predicted molar refractivity (Wildman–Crippen MR) is 121 cm³/mol. The molecule has 4 rings (SSSR count). The second-order valence-electron chi connectivity index (χ2n) is 7.42. The lowest BCUT2D eigenvalue weighted by Gasteiger charge is -2.17. The van der Waals surface area contributed by atoms with Crippen molar-refractivity contribution in [2.45, 2.75) is 26.8 Å². The third kappa shape index (κ3) is 3.70. The Labute approximate surface area is 186 Å². The van der Waals surface area contributed by atoms with Crippen molar-refractivity contribution in [1.82, 2.24) is 0 Å². The minimum atomic E-state index is -0.896. The smallest absolute Gasteiger partial charge is 0.307 e. The molecular formula is C25H25NO6. The summed E-state index contributed by atoms with van der Waals surface area (Å²) in [7, 11) is 1.60. The highest BCUT2D eigenvalue weighted by Gasteiger charge is 2.36. The van der Waals surface area contributed by atoms with Crippen molar-refractivity contribution < 1.29 is 28.9 Å². The maximum Gasteiger partial charge on any atom is 0.307 e. The van der Waals surface area contributed by atoms with Crippen molar-refractivity contribution in [3.05, 3.63) is 59.2 Å². The van der Waals surface area contributed by atoms with E-state index in [1.807, 2.05) is 32.0 Å². The molecule has 0 spiro atoms. The monoisotopic (exact) mass is 435 g/mol. The SMILES string of the molecule is CCOc1c2c(c(OCC)c3cc(OC)ccc13)C(=O)N(c1ccc(CC(=O)O)cc1)C2. The Hall–Kier alpha value is -3.74. The van der Waals surface area contributed by atoms with Crippen LogP contribution in [0.2, 0.25) is 0 Å². The van der Waals surface area contributed by atoms with Gasteiger partial charge in [0, 0.05) is 22.0 Å². The maximum atomic E-state index is 13.6. The Morgan fingerprint density at radius 1 is 1.00 bits per heavy atom. The number of carboxylic acids is 1. The van der Waals surface area contributed by atoms with E-state index in [-0.39, 0.29) is 12.3 Å². The minimum Gasteiger partial charge on any atom is -0.497 e. The Balaban J connectivity index is 1.86. The Morgan fingerprint density at radius 2 is 1.69 bits per heavy atom. The molecule has 7 nitrogen and oxygen atoms in total. The van der Waals surface area contributed by atoms with Crippen LogP contribution in [0.15, 0.2) is 42.5 Å². The molecule has 0 saturated carbocycles. The molecule has 3 aromatic rings. The first-order valence-corrected chi connectivity index (χ1v) is 10.5. The number of ether oxygens (including phenoxy) is 3. The van der Waals surface area contributed by atoms with Gasteiger partial charge in [0.05, 0.1) is 38.9 Å². The van der Waals surface area contributed by atoms with Gasteiger partial charge in [-0.2, -0.15) is 0 Å². The zero-order chi connectivity index (χ0) is 22.8. The van der Waals surface area contributed by atoms with Crippen LogP contribution >= 0.6 is 0 Å². The number of carboxylic acid groups (broad SMARTS) is 1. The number of anilines is 1. The van der Waals surface area contributed by atoms with E-state index < -0.39 is 5.97 Å². The van der Waals surface area contributed by atoms with E-state index in [9.17, 15) is 9.59 Å². The number of nitrogens with zero attached hydrogens (tertiary/aromatic N) is 1. The van der Waals surface area contributed by atoms with Crippen LogP contribution in [0.3, 0.4) is 0 Å². The summed E-state index contributed by atoms with van der Waals surface area (Å²) in [5, 5.41) is 10.6. The number of amides is 1. The summed E-state index contributed by atoms with van der Waals surface area (Å²) >= 11 is 0. The molecule has 1 amide bonds. The molecule has 0 saturated heterocycles. The summed E-state index contributed by atoms with van der Waals surface area (Å²) in [5.41, 5.74) is 2.64. The summed E-state index contributed by atoms with van der Waals surface area (Å²) < 4.78 is 17.4. The van der Waals surface area contributed by atoms with E-state index in [0.29, 0.717) is 53.8 Å². The van der Waals surface area contributed by atoms with Gasteiger partial charge in [0.25, 0.3) is 5.91 Å². The lowest BCUT2D eigenvalue weighted by Crippen LogP contribution is -2.23. The Kier molecular flexibility index (Phi) is 5.90. The van der Waals surface area contributed by atoms with Crippen molar-refractivity contribution in [2.75, 3.05) is 25.2 Å². The number of benzene rings is 3. The predicted octanol–water partition coefficient (Wildman–Crippen LogP) is 4.43. The fourth-order valence-corrected chi connectivity index (χ4v) is 4.11. The molecule has 0 bridgehead atoms. The summed E-state index contributed by atoms with van der Waals surface area (Å²) in [6.45, 7) is 4.99. The first kappa shape index (κ1) is 21.5. The quantitative estimate of drug-likeness (QED) is 0.563. The molecule has 7 heteroatoms. The fraction of sp³-hybridized carbons (Fsp3) is 0.280. The topological polar surface area (TPSA) is 85.3 Å². The van der Waals surface area contributed by atoms with Gasteiger partial charge in [-0.05, 0) is 49.7 Å². The van der Waals surface area contributed by atoms with Gasteiger partial charge in [0.2, 0.25) is 0 Å². The average molecular weight is 435 g/mol. The molecule has 1 aliphatic heterocycles. The molecule has 1 heterocycles. The van der Waals surface area contributed by atoms with Gasteiger partial charge < -0.3 is 24.2 Å². The third-order valence-corrected chi connectivity index (χ3v) is 5.47. The summed E-state index contributed by atoms with van der Waals surface area (Å²) in [6, 6.07) is 12.7. The average Bonchev–Trinajstić information content (AvgIpc) is 3.13. The number of hydrogen-bond acceptors (Lipinski definition) is 5. The number of hydrogen-bond donors (Lipinski definition) is 1. The first-order chi connectivity index (χ1) is 15.5. The van der Waals surface area contributed by atoms with Crippen LogP contribution in [0.4, 0.5) is 5.69 Å². The molecule has 32 heavy (non-hydrogen) atoms. The second kappa shape index (κ2) is 8.78. The van der Waals surface area contributed by atoms with E-state index in [1.54, 1.807) is 36.3 Å². The highest BCUT2D eigenvalue weighted by Crippen LogP contribution is 2.47. The normalized spacial score (nSPS) is 12.7. The van der Waals surface area contributed by atoms with E-state index in [1.165, 1.54) is 0 Å². The summed E-state index contributed by atoms with van der Waals surface area (Å²) in [4.78, 5) is 26.2. The van der Waals surface area contributed by atoms with E-state index in [4.69, 9.17) is 19.3 Å². The minimum absolute atomic E-state index is 0.0648. The van der Waals surface area contributed by atoms with Crippen molar-refractivity contribution >= 4 is 28.3 Å². The number of carbonyl (C=O) groups excluding carboxylic acids is 1. The number of fused-ring (bicyclic) bond motifs is 2. The van der Waals surface area contributed by atoms with Crippen LogP contribution in [-0.2, 0) is 17.8 Å². The molecule has 0 atom stereocenters. The first-order valence-electron chi connectivity index (χ1n) is 10.5. The largest absolute Gasteiger partial charge is 0.497 e. The molecule has 1 aliphatic rings. The molecule has 0 unspecified atom stereocenters. The Morgan fingerprint density at radius 3 is 2.31 bits per heavy atom. The van der Waals surface area contributed by atoms with Gasteiger partial charge in [0.1, 0.15) is 17.2 Å². The van der Waals surface area contributed by atoms with E-state index in [2.05, 4.69) is 0 Å². The lowest BCUT2D eigenvalue weighted by molar-refractivity contribution is -0.136. The van der Waals surface area contributed by atoms with Crippen molar-refractivity contribution in [3.63, 3.8) is 0 Å². The van der Waals surface area contributed by atoms with Crippen LogP contribution in [0.1, 0.15) is 35.3 Å². The van der Waals surface area contributed by atoms with Crippen LogP contribution in [0.5, 0.6) is 17.2 Å². The molecule has 1 N–H and O–H groups in total. The molecule has 0 fully saturated rings. The number of aliphatic carboxylic acids is 1. The maximum absolute atomic E-state index is 13.6. The van der Waals surface area contributed by atoms with Crippen LogP contribution in [-0.4, -0.2) is 37.3 Å². The molecule has 0 radical (unpaired) electrons. The van der Waals surface area contributed by atoms with Crippen molar-refractivity contribution in [3.8, 4) is 17.2 Å². The van der Waals surface area contributed by atoms with Gasteiger partial charge in [-0.1, -0.05) is 12.1 Å². The zero-order valence-electron chi connectivity index (χ0n) is 18.3. The standard InChI is InChI=1S/C25H25NO6/c1-4-31-23-18-11-10-17(30-3)13-19(18)24(32-5-2)22-20(23)14-26(25(22)29)16-8-6-15(7-9-16)12-21(27)28/h6-11,13H,4-5,12,14H2,1-3H3,(H,27,28). The molecular weight excluding hydrogens is 410 g/mol. The van der Waals surface area contributed by atoms with Gasteiger partial charge in [-0.25, -0.2) is 0 Å². The van der Waals surface area contributed by atoms with E-state index >= 15 is 0 Å². The van der Waals surface area contributed by atoms with Crippen LogP contribution in [0.25, 0.3) is 10.8 Å². The van der Waals surface area contributed by atoms with Crippen molar-refractivity contribution in [2.24, 2.45) is 0 Å². The fourth-order valence-electron chi connectivity index (χ4n) is 4.11. The zero-order valence-corrected chi connectivity index (χ0v) is 18.3. The summed E-state index contributed by atoms with van der Waals surface area (Å²) in [5.74, 6) is 0.779. The van der Waals surface area contributed by atoms with Gasteiger partial charge in [-0.15, -0.1) is 0 Å². The molecule has 0 aromatic heterocycles.